The van der Waals surface area contributed by atoms with Gasteiger partial charge in [0, 0.05) is 37.1 Å². The fourth-order valence-electron chi connectivity index (χ4n) is 2.70. The molecule has 3 aromatic heterocycles. The Morgan fingerprint density at radius 1 is 1.32 bits per heavy atom. The second-order valence-electron chi connectivity index (χ2n) is 6.56. The van der Waals surface area contributed by atoms with Gasteiger partial charge in [-0.1, -0.05) is 19.9 Å². The normalized spacial score (nSPS) is 11.7. The molecule has 130 valence electrons. The maximum Gasteiger partial charge on any atom is 0.222 e. The Bertz CT molecular complexity index is 917. The van der Waals surface area contributed by atoms with Crippen LogP contribution in [-0.2, 0) is 14.9 Å². The maximum absolute atomic E-state index is 11.3. The molecule has 0 aliphatic rings. The predicted molar refractivity (Wildman–Crippen MR) is 95.9 cm³/mol. The van der Waals surface area contributed by atoms with E-state index in [0.29, 0.717) is 18.2 Å². The lowest BCUT2D eigenvalue weighted by molar-refractivity contribution is -0.114. The van der Waals surface area contributed by atoms with Crippen molar-refractivity contribution in [3.8, 4) is 5.82 Å². The third kappa shape index (κ3) is 3.51. The Kier molecular flexibility index (Phi) is 4.50. The largest absolute Gasteiger partial charge is 0.384 e. The van der Waals surface area contributed by atoms with Crippen LogP contribution < -0.4 is 5.32 Å². The number of methoxy groups -OCH3 is 1. The molecule has 3 rings (SSSR count). The lowest BCUT2D eigenvalue weighted by Gasteiger charge is -2.23. The number of hydrogen-bond acceptors (Lipinski definition) is 5. The standard InChI is InChI=1S/C18H21N5O2/c1-12(24)21-16-8-14-13(9-19-16)10-20-23(14)17-7-5-6-15(22-17)18(2,3)11-25-4/h5-10H,11H2,1-4H3,(H,19,21,24). The smallest absolute Gasteiger partial charge is 0.222 e. The molecule has 0 bridgehead atoms. The summed E-state index contributed by atoms with van der Waals surface area (Å²) in [5.41, 5.74) is 1.54. The molecular formula is C18H21N5O2. The highest BCUT2D eigenvalue weighted by Crippen LogP contribution is 2.24. The third-order valence-electron chi connectivity index (χ3n) is 3.91. The summed E-state index contributed by atoms with van der Waals surface area (Å²) in [4.78, 5) is 20.2. The van der Waals surface area contributed by atoms with Crippen LogP contribution in [0.15, 0.2) is 36.7 Å². The molecule has 0 aliphatic heterocycles. The first-order valence-corrected chi connectivity index (χ1v) is 7.99. The molecule has 3 aromatic rings. The highest BCUT2D eigenvalue weighted by Gasteiger charge is 2.23. The van der Waals surface area contributed by atoms with Crippen molar-refractivity contribution in [3.05, 3.63) is 42.4 Å². The van der Waals surface area contributed by atoms with Gasteiger partial charge in [0.25, 0.3) is 0 Å². The number of aromatic nitrogens is 4. The Morgan fingerprint density at radius 3 is 2.84 bits per heavy atom. The van der Waals surface area contributed by atoms with Gasteiger partial charge in [0.2, 0.25) is 5.91 Å². The fourth-order valence-corrected chi connectivity index (χ4v) is 2.70. The van der Waals surface area contributed by atoms with Gasteiger partial charge in [-0.3, -0.25) is 4.79 Å². The number of nitrogens with zero attached hydrogens (tertiary/aromatic N) is 4. The summed E-state index contributed by atoms with van der Waals surface area (Å²) in [6, 6.07) is 7.63. The second-order valence-corrected chi connectivity index (χ2v) is 6.56. The summed E-state index contributed by atoms with van der Waals surface area (Å²) in [6.45, 7) is 6.19. The minimum absolute atomic E-state index is 0.167. The van der Waals surface area contributed by atoms with E-state index >= 15 is 0 Å². The number of hydrogen-bond donors (Lipinski definition) is 1. The topological polar surface area (TPSA) is 81.9 Å². The van der Waals surface area contributed by atoms with E-state index in [1.54, 1.807) is 30.3 Å². The van der Waals surface area contributed by atoms with Crippen LogP contribution in [0.1, 0.15) is 26.5 Å². The van der Waals surface area contributed by atoms with Gasteiger partial charge < -0.3 is 10.1 Å². The SMILES string of the molecule is COCC(C)(C)c1cccc(-n2ncc3cnc(NC(C)=O)cc32)n1. The van der Waals surface area contributed by atoms with Gasteiger partial charge in [-0.15, -0.1) is 0 Å². The fraction of sp³-hybridized carbons (Fsp3) is 0.333. The van der Waals surface area contributed by atoms with Crippen molar-refractivity contribution in [1.29, 1.82) is 0 Å². The van der Waals surface area contributed by atoms with Crippen LogP contribution >= 0.6 is 0 Å². The molecule has 7 heteroatoms. The van der Waals surface area contributed by atoms with Crippen molar-refractivity contribution in [2.75, 3.05) is 19.0 Å². The zero-order valence-electron chi connectivity index (χ0n) is 14.8. The van der Waals surface area contributed by atoms with E-state index in [1.807, 2.05) is 18.2 Å². The molecule has 0 fully saturated rings. The second kappa shape index (κ2) is 6.60. The first-order valence-electron chi connectivity index (χ1n) is 7.99. The summed E-state index contributed by atoms with van der Waals surface area (Å²) in [5, 5.41) is 7.99. The molecule has 0 saturated heterocycles. The van der Waals surface area contributed by atoms with Gasteiger partial charge in [-0.25, -0.2) is 14.6 Å². The average molecular weight is 339 g/mol. The van der Waals surface area contributed by atoms with Crippen molar-refractivity contribution in [2.24, 2.45) is 0 Å². The molecule has 0 atom stereocenters. The molecule has 25 heavy (non-hydrogen) atoms. The molecule has 0 spiro atoms. The Balaban J connectivity index is 2.06. The molecule has 7 nitrogen and oxygen atoms in total. The lowest BCUT2D eigenvalue weighted by Crippen LogP contribution is -2.25. The van der Waals surface area contributed by atoms with Gasteiger partial charge in [-0.05, 0) is 12.1 Å². The van der Waals surface area contributed by atoms with Gasteiger partial charge in [0.1, 0.15) is 5.82 Å². The van der Waals surface area contributed by atoms with Crippen molar-refractivity contribution in [2.45, 2.75) is 26.2 Å². The Morgan fingerprint density at radius 2 is 2.12 bits per heavy atom. The van der Waals surface area contributed by atoms with Crippen molar-refractivity contribution < 1.29 is 9.53 Å². The zero-order valence-corrected chi connectivity index (χ0v) is 14.8. The maximum atomic E-state index is 11.3. The first-order chi connectivity index (χ1) is 11.9. The number of nitrogens with one attached hydrogen (secondary N) is 1. The van der Waals surface area contributed by atoms with Crippen LogP contribution in [0.5, 0.6) is 0 Å². The molecule has 0 aliphatic carbocycles. The highest BCUT2D eigenvalue weighted by molar-refractivity contribution is 5.90. The van der Waals surface area contributed by atoms with Crippen LogP contribution in [0.4, 0.5) is 5.82 Å². The third-order valence-corrected chi connectivity index (χ3v) is 3.91. The van der Waals surface area contributed by atoms with Gasteiger partial charge in [-0.2, -0.15) is 5.10 Å². The van der Waals surface area contributed by atoms with Gasteiger partial charge in [0.15, 0.2) is 5.82 Å². The van der Waals surface area contributed by atoms with E-state index in [0.717, 1.165) is 16.6 Å². The summed E-state index contributed by atoms with van der Waals surface area (Å²) < 4.78 is 7.05. The molecule has 0 unspecified atom stereocenters. The minimum Gasteiger partial charge on any atom is -0.384 e. The van der Waals surface area contributed by atoms with Gasteiger partial charge in [0.05, 0.1) is 24.0 Å². The van der Waals surface area contributed by atoms with E-state index in [-0.39, 0.29) is 11.3 Å². The molecule has 3 heterocycles. The van der Waals surface area contributed by atoms with E-state index in [1.165, 1.54) is 6.92 Å². The zero-order chi connectivity index (χ0) is 18.0. The predicted octanol–water partition coefficient (Wildman–Crippen LogP) is 2.70. The number of ether oxygens (including phenoxy) is 1. The molecular weight excluding hydrogens is 318 g/mol. The van der Waals surface area contributed by atoms with Crippen molar-refractivity contribution >= 4 is 22.6 Å². The van der Waals surface area contributed by atoms with Crippen LogP contribution in [0, 0.1) is 0 Å². The summed E-state index contributed by atoms with van der Waals surface area (Å²) in [6.07, 6.45) is 3.41. The van der Waals surface area contributed by atoms with E-state index < -0.39 is 0 Å². The number of fused-ring (bicyclic) bond motifs is 1. The van der Waals surface area contributed by atoms with Crippen LogP contribution in [0.25, 0.3) is 16.7 Å². The average Bonchev–Trinajstić information content (AvgIpc) is 2.97. The Labute approximate surface area is 146 Å². The monoisotopic (exact) mass is 339 g/mol. The number of carbonyl (C=O) groups is 1. The van der Waals surface area contributed by atoms with E-state index in [4.69, 9.17) is 9.72 Å². The van der Waals surface area contributed by atoms with Gasteiger partial charge >= 0.3 is 0 Å². The number of anilines is 1. The molecule has 0 aromatic carbocycles. The van der Waals surface area contributed by atoms with Crippen molar-refractivity contribution in [3.63, 3.8) is 0 Å². The summed E-state index contributed by atoms with van der Waals surface area (Å²) >= 11 is 0. The molecule has 0 saturated carbocycles. The van der Waals surface area contributed by atoms with Crippen molar-refractivity contribution in [1.82, 2.24) is 19.7 Å². The number of carbonyl (C=O) groups excluding carboxylic acids is 1. The lowest BCUT2D eigenvalue weighted by atomic mass is 9.90. The summed E-state index contributed by atoms with van der Waals surface area (Å²) in [5.74, 6) is 1.02. The molecule has 0 radical (unpaired) electrons. The first kappa shape index (κ1) is 17.0. The quantitative estimate of drug-likeness (QED) is 0.773. The van der Waals surface area contributed by atoms with E-state index in [2.05, 4.69) is 29.2 Å². The Hall–Kier alpha value is -2.80. The van der Waals surface area contributed by atoms with Crippen LogP contribution in [-0.4, -0.2) is 39.4 Å². The van der Waals surface area contributed by atoms with Crippen LogP contribution in [0.3, 0.4) is 0 Å². The molecule has 1 N–H and O–H groups in total. The van der Waals surface area contributed by atoms with E-state index in [9.17, 15) is 4.79 Å². The number of pyridine rings is 2. The molecule has 1 amide bonds. The number of amides is 1. The minimum atomic E-state index is -0.212. The van der Waals surface area contributed by atoms with Crippen LogP contribution in [0.2, 0.25) is 0 Å². The summed E-state index contributed by atoms with van der Waals surface area (Å²) in [7, 11) is 1.68. The number of rotatable bonds is 5. The highest BCUT2D eigenvalue weighted by atomic mass is 16.5.